The zero-order chi connectivity index (χ0) is 17.1. The lowest BCUT2D eigenvalue weighted by Gasteiger charge is -2.37. The number of hydrogen-bond donors (Lipinski definition) is 1. The number of ether oxygens (including phenoxy) is 2. The third-order valence-electron chi connectivity index (χ3n) is 3.76. The molecular weight excluding hydrogens is 294 g/mol. The number of rotatable bonds is 4. The molecule has 0 aliphatic carbocycles. The van der Waals surface area contributed by atoms with Crippen LogP contribution in [0.5, 0.6) is 0 Å². The highest BCUT2D eigenvalue weighted by Crippen LogP contribution is 2.17. The number of nitrogens with zero attached hydrogens (tertiary/aromatic N) is 2. The molecule has 0 spiro atoms. The molecule has 1 saturated heterocycles. The maximum atomic E-state index is 9.05. The van der Waals surface area contributed by atoms with E-state index >= 15 is 0 Å². The van der Waals surface area contributed by atoms with Crippen LogP contribution in [0.25, 0.3) is 0 Å². The molecule has 0 saturated carbocycles. The third-order valence-corrected chi connectivity index (χ3v) is 3.76. The van der Waals surface area contributed by atoms with Gasteiger partial charge in [-0.05, 0) is 19.2 Å². The van der Waals surface area contributed by atoms with E-state index in [1.54, 1.807) is 14.2 Å². The molecule has 6 heteroatoms. The second-order valence-corrected chi connectivity index (χ2v) is 5.58. The topological polar surface area (TPSA) is 68.0 Å². The Morgan fingerprint density at radius 3 is 1.96 bits per heavy atom. The van der Waals surface area contributed by atoms with Crippen LogP contribution in [0.15, 0.2) is 30.3 Å². The highest BCUT2D eigenvalue weighted by atomic mass is 16.5. The molecule has 2 N–H and O–H groups in total. The molecule has 0 radical (unpaired) electrons. The molecule has 1 heterocycles. The van der Waals surface area contributed by atoms with Crippen LogP contribution in [0.1, 0.15) is 0 Å². The summed E-state index contributed by atoms with van der Waals surface area (Å²) in [5.41, 5.74) is 5.89. The maximum Gasteiger partial charge on any atom is 0.133 e. The molecule has 6 nitrogen and oxygen atoms in total. The van der Waals surface area contributed by atoms with Crippen LogP contribution in [0, 0.1) is 0 Å². The van der Waals surface area contributed by atoms with Crippen molar-refractivity contribution in [2.45, 2.75) is 12.2 Å². The van der Waals surface area contributed by atoms with Crippen molar-refractivity contribution in [1.29, 1.82) is 0 Å². The van der Waals surface area contributed by atoms with Crippen molar-refractivity contribution in [2.24, 2.45) is 5.73 Å². The minimum atomic E-state index is 0.139. The lowest BCUT2D eigenvalue weighted by molar-refractivity contribution is -0.106. The Morgan fingerprint density at radius 2 is 1.57 bits per heavy atom. The number of hydrogen-bond acceptors (Lipinski definition) is 6. The molecule has 0 bridgehead atoms. The van der Waals surface area contributed by atoms with Gasteiger partial charge in [0.05, 0.1) is 12.2 Å². The first-order valence-electron chi connectivity index (χ1n) is 7.82. The number of benzene rings is 1. The fourth-order valence-corrected chi connectivity index (χ4v) is 2.60. The highest BCUT2D eigenvalue weighted by Gasteiger charge is 2.24. The van der Waals surface area contributed by atoms with E-state index in [9.17, 15) is 0 Å². The van der Waals surface area contributed by atoms with Gasteiger partial charge in [-0.25, -0.2) is 0 Å². The average Bonchev–Trinajstić information content (AvgIpc) is 2.58. The van der Waals surface area contributed by atoms with Gasteiger partial charge in [-0.2, -0.15) is 0 Å². The summed E-state index contributed by atoms with van der Waals surface area (Å²) in [6.45, 7) is 3.79. The van der Waals surface area contributed by atoms with E-state index < -0.39 is 0 Å². The van der Waals surface area contributed by atoms with Gasteiger partial charge < -0.3 is 29.8 Å². The first kappa shape index (κ1) is 19.6. The van der Waals surface area contributed by atoms with Gasteiger partial charge in [-0.3, -0.25) is 0 Å². The summed E-state index contributed by atoms with van der Waals surface area (Å²) >= 11 is 0. The lowest BCUT2D eigenvalue weighted by Crippen LogP contribution is -2.50. The molecule has 0 aromatic heterocycles. The van der Waals surface area contributed by atoms with Gasteiger partial charge >= 0.3 is 0 Å². The molecule has 1 aromatic carbocycles. The van der Waals surface area contributed by atoms with Crippen LogP contribution in [-0.2, 0) is 14.3 Å². The van der Waals surface area contributed by atoms with Crippen molar-refractivity contribution in [3.05, 3.63) is 30.3 Å². The Kier molecular flexibility index (Phi) is 9.47. The van der Waals surface area contributed by atoms with E-state index in [4.69, 9.17) is 14.3 Å². The van der Waals surface area contributed by atoms with Crippen molar-refractivity contribution >= 4 is 12.0 Å². The SMILES string of the molecule is COC1CN(C)CC(OC)CN(c2ccccc2)C1.NCC=O. The molecule has 130 valence electrons. The van der Waals surface area contributed by atoms with Crippen molar-refractivity contribution < 1.29 is 14.3 Å². The minimum Gasteiger partial charge on any atom is -0.378 e. The number of nitrogens with two attached hydrogens (primary N) is 1. The van der Waals surface area contributed by atoms with Crippen LogP contribution in [0.4, 0.5) is 5.69 Å². The monoisotopic (exact) mass is 323 g/mol. The molecule has 23 heavy (non-hydrogen) atoms. The van der Waals surface area contributed by atoms with E-state index in [0.717, 1.165) is 26.2 Å². The first-order chi connectivity index (χ1) is 11.1. The van der Waals surface area contributed by atoms with Crippen LogP contribution in [0.3, 0.4) is 0 Å². The maximum absolute atomic E-state index is 9.05. The fraction of sp³-hybridized carbons (Fsp3) is 0.588. The lowest BCUT2D eigenvalue weighted by atomic mass is 10.1. The second-order valence-electron chi connectivity index (χ2n) is 5.58. The van der Waals surface area contributed by atoms with E-state index in [1.807, 2.05) is 6.07 Å². The predicted molar refractivity (Wildman–Crippen MR) is 92.9 cm³/mol. The Labute approximate surface area is 139 Å². The van der Waals surface area contributed by atoms with Crippen LogP contribution in [-0.4, -0.2) is 77.4 Å². The Balaban J connectivity index is 0.000000593. The Hall–Kier alpha value is -1.47. The molecule has 1 aliphatic rings. The summed E-state index contributed by atoms with van der Waals surface area (Å²) < 4.78 is 11.2. The zero-order valence-corrected chi connectivity index (χ0v) is 14.4. The Morgan fingerprint density at radius 1 is 1.09 bits per heavy atom. The van der Waals surface area contributed by atoms with Crippen LogP contribution < -0.4 is 10.6 Å². The van der Waals surface area contributed by atoms with E-state index in [2.05, 4.69) is 46.8 Å². The number of aldehydes is 1. The molecule has 1 aromatic rings. The number of carbonyl (C=O) groups excluding carboxylic acids is 1. The molecule has 1 fully saturated rings. The van der Waals surface area contributed by atoms with E-state index in [0.29, 0.717) is 6.29 Å². The number of para-hydroxylation sites is 1. The molecule has 2 unspecified atom stereocenters. The van der Waals surface area contributed by atoms with Gasteiger partial charge in [-0.1, -0.05) is 18.2 Å². The summed E-state index contributed by atoms with van der Waals surface area (Å²) in [5, 5.41) is 0. The molecule has 0 amide bonds. The highest BCUT2D eigenvalue weighted by molar-refractivity contribution is 5.51. The third kappa shape index (κ3) is 7.09. The smallest absolute Gasteiger partial charge is 0.133 e. The average molecular weight is 323 g/mol. The van der Waals surface area contributed by atoms with Crippen molar-refractivity contribution in [3.8, 4) is 0 Å². The Bertz CT molecular complexity index is 414. The predicted octanol–water partition coefficient (Wildman–Crippen LogP) is 0.612. The minimum absolute atomic E-state index is 0.139. The summed E-state index contributed by atoms with van der Waals surface area (Å²) in [6.07, 6.45) is 1.10. The largest absolute Gasteiger partial charge is 0.378 e. The van der Waals surface area contributed by atoms with Gasteiger partial charge in [0.2, 0.25) is 0 Å². The van der Waals surface area contributed by atoms with Gasteiger partial charge in [0.15, 0.2) is 0 Å². The quantitative estimate of drug-likeness (QED) is 0.819. The molecule has 2 rings (SSSR count). The van der Waals surface area contributed by atoms with Gasteiger partial charge in [0.1, 0.15) is 6.29 Å². The first-order valence-corrected chi connectivity index (χ1v) is 7.82. The molecule has 2 atom stereocenters. The second kappa shape index (κ2) is 11.1. The zero-order valence-electron chi connectivity index (χ0n) is 14.4. The summed E-state index contributed by atoms with van der Waals surface area (Å²) in [7, 11) is 5.70. The number of carbonyl (C=O) groups is 1. The van der Waals surface area contributed by atoms with Gasteiger partial charge in [-0.15, -0.1) is 0 Å². The summed E-state index contributed by atoms with van der Waals surface area (Å²) in [5.74, 6) is 0. The molecule has 1 aliphatic heterocycles. The van der Waals surface area contributed by atoms with Crippen molar-refractivity contribution in [2.75, 3.05) is 58.9 Å². The standard InChI is InChI=1S/C15H24N2O2.C2H5NO/c1-16-9-14(18-2)11-17(12-15(10-16)19-3)13-7-5-4-6-8-13;3-1-2-4/h4-8,14-15H,9-12H2,1-3H3;2H,1,3H2. The van der Waals surface area contributed by atoms with Gasteiger partial charge in [0, 0.05) is 52.6 Å². The molecular formula is C17H29N3O3. The number of methoxy groups -OCH3 is 2. The van der Waals surface area contributed by atoms with Crippen LogP contribution in [0.2, 0.25) is 0 Å². The number of anilines is 1. The van der Waals surface area contributed by atoms with E-state index in [-0.39, 0.29) is 18.8 Å². The van der Waals surface area contributed by atoms with Gasteiger partial charge in [0.25, 0.3) is 0 Å². The van der Waals surface area contributed by atoms with Crippen LogP contribution >= 0.6 is 0 Å². The number of likely N-dealkylation sites (N-methyl/N-ethyl adjacent to an activating group) is 1. The summed E-state index contributed by atoms with van der Waals surface area (Å²) in [6, 6.07) is 10.5. The van der Waals surface area contributed by atoms with Crippen molar-refractivity contribution in [1.82, 2.24) is 4.90 Å². The van der Waals surface area contributed by atoms with Crippen molar-refractivity contribution in [3.63, 3.8) is 0 Å². The summed E-state index contributed by atoms with van der Waals surface area (Å²) in [4.78, 5) is 13.7. The fourth-order valence-electron chi connectivity index (χ4n) is 2.60. The van der Waals surface area contributed by atoms with E-state index in [1.165, 1.54) is 5.69 Å². The normalized spacial score (nSPS) is 22.5.